The van der Waals surface area contributed by atoms with Gasteiger partial charge in [0.05, 0.1) is 0 Å². The Bertz CT molecular complexity index is 639. The van der Waals surface area contributed by atoms with Crippen molar-refractivity contribution in [3.05, 3.63) is 65.2 Å². The summed E-state index contributed by atoms with van der Waals surface area (Å²) in [7, 11) is 0. The zero-order chi connectivity index (χ0) is 18.2. The molecule has 1 aliphatic carbocycles. The molecule has 0 N–H and O–H groups in total. The minimum atomic E-state index is -0.404. The van der Waals surface area contributed by atoms with Gasteiger partial charge in [0.2, 0.25) is 5.95 Å². The standard InChI is InChI=1S/C24H32FN/c1-2-3-4-5-19-8-13-22(14-9-19)23-15-10-20(11-16-23)6-7-21-12-17-24(25)26-18-21/h10-12,15-19,22H,2-9,13-14H2,1H3. The highest BCUT2D eigenvalue weighted by Crippen LogP contribution is 2.37. The number of nitrogens with zero attached hydrogens (tertiary/aromatic N) is 1. The summed E-state index contributed by atoms with van der Waals surface area (Å²) in [6.45, 7) is 2.29. The molecule has 0 saturated heterocycles. The number of benzene rings is 1. The van der Waals surface area contributed by atoms with Gasteiger partial charge in [-0.05, 0) is 73.1 Å². The van der Waals surface area contributed by atoms with Crippen LogP contribution in [0.4, 0.5) is 4.39 Å². The fourth-order valence-electron chi connectivity index (χ4n) is 4.27. The number of pyridine rings is 1. The zero-order valence-corrected chi connectivity index (χ0v) is 16.1. The third-order valence-electron chi connectivity index (χ3n) is 6.00. The number of hydrogen-bond donors (Lipinski definition) is 0. The van der Waals surface area contributed by atoms with Crippen molar-refractivity contribution >= 4 is 0 Å². The van der Waals surface area contributed by atoms with Crippen LogP contribution in [-0.2, 0) is 12.8 Å². The van der Waals surface area contributed by atoms with E-state index in [9.17, 15) is 4.39 Å². The highest BCUT2D eigenvalue weighted by Gasteiger charge is 2.21. The number of halogens is 1. The van der Waals surface area contributed by atoms with E-state index in [1.165, 1.54) is 68.6 Å². The van der Waals surface area contributed by atoms with Gasteiger partial charge in [0.1, 0.15) is 0 Å². The van der Waals surface area contributed by atoms with Crippen molar-refractivity contribution in [2.24, 2.45) is 5.92 Å². The first-order chi connectivity index (χ1) is 12.7. The molecule has 1 aromatic heterocycles. The summed E-state index contributed by atoms with van der Waals surface area (Å²) in [4.78, 5) is 3.73. The molecule has 26 heavy (non-hydrogen) atoms. The van der Waals surface area contributed by atoms with Crippen LogP contribution in [0.5, 0.6) is 0 Å². The van der Waals surface area contributed by atoms with Crippen LogP contribution in [0.2, 0.25) is 0 Å². The Morgan fingerprint density at radius 3 is 2.23 bits per heavy atom. The highest BCUT2D eigenvalue weighted by molar-refractivity contribution is 5.26. The molecule has 0 radical (unpaired) electrons. The number of rotatable bonds is 8. The topological polar surface area (TPSA) is 12.9 Å². The lowest BCUT2D eigenvalue weighted by Gasteiger charge is -2.29. The van der Waals surface area contributed by atoms with E-state index in [-0.39, 0.29) is 0 Å². The lowest BCUT2D eigenvalue weighted by molar-refractivity contribution is 0.303. The molecule has 1 nitrogen and oxygen atoms in total. The van der Waals surface area contributed by atoms with Crippen LogP contribution in [-0.4, -0.2) is 4.98 Å². The molecule has 0 amide bonds. The lowest BCUT2D eigenvalue weighted by atomic mass is 9.77. The van der Waals surface area contributed by atoms with E-state index in [0.29, 0.717) is 0 Å². The van der Waals surface area contributed by atoms with Crippen molar-refractivity contribution in [2.45, 2.75) is 77.0 Å². The van der Waals surface area contributed by atoms with Gasteiger partial charge in [-0.25, -0.2) is 4.98 Å². The molecule has 140 valence electrons. The molecule has 1 aromatic carbocycles. The summed E-state index contributed by atoms with van der Waals surface area (Å²) in [5, 5.41) is 0. The van der Waals surface area contributed by atoms with Crippen LogP contribution in [0, 0.1) is 11.9 Å². The Morgan fingerprint density at radius 1 is 0.885 bits per heavy atom. The summed E-state index contributed by atoms with van der Waals surface area (Å²) >= 11 is 0. The Hall–Kier alpha value is -1.70. The van der Waals surface area contributed by atoms with Crippen LogP contribution >= 0.6 is 0 Å². The maximum absolute atomic E-state index is 12.9. The van der Waals surface area contributed by atoms with Crippen molar-refractivity contribution in [1.29, 1.82) is 0 Å². The molecule has 0 bridgehead atoms. The van der Waals surface area contributed by atoms with Gasteiger partial charge in [0.25, 0.3) is 0 Å². The fraction of sp³-hybridized carbons (Fsp3) is 0.542. The molecule has 1 aliphatic rings. The molecule has 1 fully saturated rings. The highest BCUT2D eigenvalue weighted by atomic mass is 19.1. The first kappa shape index (κ1) is 19.1. The summed E-state index contributed by atoms with van der Waals surface area (Å²) < 4.78 is 12.9. The second-order valence-electron chi connectivity index (χ2n) is 7.94. The van der Waals surface area contributed by atoms with Gasteiger partial charge in [-0.1, -0.05) is 62.9 Å². The van der Waals surface area contributed by atoms with Gasteiger partial charge in [0.15, 0.2) is 0 Å². The van der Waals surface area contributed by atoms with E-state index >= 15 is 0 Å². The number of unbranched alkanes of at least 4 members (excludes halogenated alkanes) is 2. The molecule has 0 unspecified atom stereocenters. The SMILES string of the molecule is CCCCCC1CCC(c2ccc(CCc3ccc(F)nc3)cc2)CC1. The van der Waals surface area contributed by atoms with Gasteiger partial charge in [-0.3, -0.25) is 0 Å². The van der Waals surface area contributed by atoms with Crippen LogP contribution in [0.15, 0.2) is 42.6 Å². The predicted molar refractivity (Wildman–Crippen MR) is 107 cm³/mol. The lowest BCUT2D eigenvalue weighted by Crippen LogP contribution is -2.13. The summed E-state index contributed by atoms with van der Waals surface area (Å²) in [6, 6.07) is 12.5. The monoisotopic (exact) mass is 353 g/mol. The third kappa shape index (κ3) is 5.65. The van der Waals surface area contributed by atoms with Crippen molar-refractivity contribution in [2.75, 3.05) is 0 Å². The summed E-state index contributed by atoms with van der Waals surface area (Å²) in [5.74, 6) is 1.33. The van der Waals surface area contributed by atoms with E-state index in [1.54, 1.807) is 6.20 Å². The van der Waals surface area contributed by atoms with Crippen LogP contribution in [0.1, 0.15) is 80.9 Å². The second kappa shape index (κ2) is 9.85. The molecule has 3 rings (SSSR count). The Balaban J connectivity index is 1.45. The quantitative estimate of drug-likeness (QED) is 0.373. The number of aryl methyl sites for hydroxylation is 2. The molecule has 2 heteroatoms. The average molecular weight is 354 g/mol. The predicted octanol–water partition coefficient (Wildman–Crippen LogP) is 6.86. The van der Waals surface area contributed by atoms with Gasteiger partial charge in [-0.15, -0.1) is 0 Å². The van der Waals surface area contributed by atoms with Gasteiger partial charge < -0.3 is 0 Å². The van der Waals surface area contributed by atoms with Crippen LogP contribution < -0.4 is 0 Å². The maximum atomic E-state index is 12.9. The second-order valence-corrected chi connectivity index (χ2v) is 7.94. The average Bonchev–Trinajstić information content (AvgIpc) is 2.69. The maximum Gasteiger partial charge on any atom is 0.212 e. The Morgan fingerprint density at radius 2 is 1.58 bits per heavy atom. The number of hydrogen-bond acceptors (Lipinski definition) is 1. The molecular formula is C24H32FN. The smallest absolute Gasteiger partial charge is 0.212 e. The van der Waals surface area contributed by atoms with Crippen molar-refractivity contribution in [3.63, 3.8) is 0 Å². The summed E-state index contributed by atoms with van der Waals surface area (Å²) in [5.41, 5.74) is 3.97. The molecule has 0 aliphatic heterocycles. The van der Waals surface area contributed by atoms with Crippen molar-refractivity contribution in [1.82, 2.24) is 4.98 Å². The van der Waals surface area contributed by atoms with Crippen LogP contribution in [0.25, 0.3) is 0 Å². The first-order valence-electron chi connectivity index (χ1n) is 10.4. The van der Waals surface area contributed by atoms with E-state index < -0.39 is 5.95 Å². The van der Waals surface area contributed by atoms with Gasteiger partial charge in [-0.2, -0.15) is 4.39 Å². The van der Waals surface area contributed by atoms with E-state index in [4.69, 9.17) is 0 Å². The normalized spacial score (nSPS) is 20.2. The minimum Gasteiger partial charge on any atom is -0.228 e. The number of aromatic nitrogens is 1. The van der Waals surface area contributed by atoms with Crippen molar-refractivity contribution in [3.8, 4) is 0 Å². The third-order valence-corrected chi connectivity index (χ3v) is 6.00. The molecule has 2 aromatic rings. The van der Waals surface area contributed by atoms with E-state index in [2.05, 4.69) is 36.2 Å². The fourth-order valence-corrected chi connectivity index (χ4v) is 4.27. The van der Waals surface area contributed by atoms with E-state index in [0.717, 1.165) is 30.2 Å². The van der Waals surface area contributed by atoms with Gasteiger partial charge >= 0.3 is 0 Å². The molecular weight excluding hydrogens is 321 g/mol. The molecule has 0 atom stereocenters. The van der Waals surface area contributed by atoms with E-state index in [1.807, 2.05) is 6.07 Å². The largest absolute Gasteiger partial charge is 0.228 e. The molecule has 1 saturated carbocycles. The molecule has 1 heterocycles. The van der Waals surface area contributed by atoms with Gasteiger partial charge in [0, 0.05) is 6.20 Å². The zero-order valence-electron chi connectivity index (χ0n) is 16.1. The summed E-state index contributed by atoms with van der Waals surface area (Å²) in [6.07, 6.45) is 14.7. The van der Waals surface area contributed by atoms with Crippen molar-refractivity contribution < 1.29 is 4.39 Å². The molecule has 0 spiro atoms. The minimum absolute atomic E-state index is 0.404. The first-order valence-corrected chi connectivity index (χ1v) is 10.4. The van der Waals surface area contributed by atoms with Crippen LogP contribution in [0.3, 0.4) is 0 Å². The Kier molecular flexibility index (Phi) is 7.22. The Labute approximate surface area is 158 Å².